The maximum absolute atomic E-state index is 14.4. The van der Waals surface area contributed by atoms with Crippen molar-refractivity contribution >= 4 is 17.1 Å². The average molecular weight is 419 g/mol. The second-order valence-corrected chi connectivity index (χ2v) is 9.94. The summed E-state index contributed by atoms with van der Waals surface area (Å²) in [5, 5.41) is 0. The zero-order valence-corrected chi connectivity index (χ0v) is 18.6. The van der Waals surface area contributed by atoms with Gasteiger partial charge in [0.05, 0.1) is 16.7 Å². The standard InChI is InChI=1S/C30H26O2/c1-19-23(20-13-7-4-8-14-20)24-26(31)29(3)25(27(32)28(19,24)2)30(29,21-15-9-5-10-16-21)22-17-11-6-12-18-22/h4-18,24-25H,1-3H3/t24-,25+,28-,29+/m0/s1. The lowest BCUT2D eigenvalue weighted by atomic mass is 9.48. The van der Waals surface area contributed by atoms with Crippen molar-refractivity contribution in [1.29, 1.82) is 0 Å². The number of allylic oxidation sites excluding steroid dienone is 2. The third-order valence-electron chi connectivity index (χ3n) is 8.89. The second-order valence-electron chi connectivity index (χ2n) is 9.94. The Bertz CT molecular complexity index is 1250. The van der Waals surface area contributed by atoms with Crippen molar-refractivity contribution in [3.63, 3.8) is 0 Å². The molecule has 158 valence electrons. The summed E-state index contributed by atoms with van der Waals surface area (Å²) in [6.07, 6.45) is 0. The maximum atomic E-state index is 14.4. The van der Waals surface area contributed by atoms with Crippen LogP contribution in [0.2, 0.25) is 0 Å². The molecule has 0 aliphatic heterocycles. The first-order chi connectivity index (χ1) is 15.4. The zero-order chi connectivity index (χ0) is 22.3. The lowest BCUT2D eigenvalue weighted by molar-refractivity contribution is -0.145. The smallest absolute Gasteiger partial charge is 0.149 e. The number of carbonyl (C=O) groups excluding carboxylic acids is 2. The van der Waals surface area contributed by atoms with E-state index in [1.807, 2.05) is 75.4 Å². The highest BCUT2D eigenvalue weighted by Gasteiger charge is 2.87. The van der Waals surface area contributed by atoms with E-state index in [1.54, 1.807) is 0 Å². The summed E-state index contributed by atoms with van der Waals surface area (Å²) < 4.78 is 0. The molecule has 2 saturated carbocycles. The van der Waals surface area contributed by atoms with E-state index >= 15 is 0 Å². The lowest BCUT2D eigenvalue weighted by Gasteiger charge is -2.51. The van der Waals surface area contributed by atoms with Crippen molar-refractivity contribution in [2.24, 2.45) is 22.7 Å². The summed E-state index contributed by atoms with van der Waals surface area (Å²) in [6.45, 7) is 6.08. The summed E-state index contributed by atoms with van der Waals surface area (Å²) in [4.78, 5) is 28.7. The van der Waals surface area contributed by atoms with Gasteiger partial charge in [-0.3, -0.25) is 9.59 Å². The third-order valence-corrected chi connectivity index (χ3v) is 8.89. The van der Waals surface area contributed by atoms with E-state index in [1.165, 1.54) is 0 Å². The molecule has 0 unspecified atom stereocenters. The fraction of sp³-hybridized carbons (Fsp3) is 0.267. The van der Waals surface area contributed by atoms with Gasteiger partial charge in [0.1, 0.15) is 11.6 Å². The molecule has 32 heavy (non-hydrogen) atoms. The van der Waals surface area contributed by atoms with Gasteiger partial charge in [-0.05, 0) is 36.1 Å². The van der Waals surface area contributed by atoms with E-state index in [9.17, 15) is 9.59 Å². The highest BCUT2D eigenvalue weighted by Crippen LogP contribution is 2.81. The Labute approximate surface area is 189 Å². The Morgan fingerprint density at radius 2 is 1.12 bits per heavy atom. The van der Waals surface area contributed by atoms with Gasteiger partial charge in [0, 0.05) is 11.3 Å². The summed E-state index contributed by atoms with van der Waals surface area (Å²) in [6, 6.07) is 30.5. The van der Waals surface area contributed by atoms with Crippen molar-refractivity contribution in [3.05, 3.63) is 113 Å². The molecule has 3 aromatic carbocycles. The average Bonchev–Trinajstić information content (AvgIpc) is 3.44. The van der Waals surface area contributed by atoms with Gasteiger partial charge in [-0.2, -0.15) is 0 Å². The monoisotopic (exact) mass is 418 g/mol. The van der Waals surface area contributed by atoms with E-state index in [0.717, 1.165) is 27.8 Å². The molecule has 0 heterocycles. The van der Waals surface area contributed by atoms with E-state index in [2.05, 4.69) is 36.4 Å². The van der Waals surface area contributed by atoms with Gasteiger partial charge in [-0.25, -0.2) is 0 Å². The molecular formula is C30H26O2. The maximum Gasteiger partial charge on any atom is 0.149 e. The molecule has 2 nitrogen and oxygen atoms in total. The van der Waals surface area contributed by atoms with Crippen LogP contribution < -0.4 is 0 Å². The topological polar surface area (TPSA) is 34.1 Å². The summed E-state index contributed by atoms with van der Waals surface area (Å²) in [5.41, 5.74) is 3.18. The molecule has 0 amide bonds. The second kappa shape index (κ2) is 6.16. The van der Waals surface area contributed by atoms with E-state index < -0.39 is 16.2 Å². The van der Waals surface area contributed by atoms with Crippen molar-refractivity contribution in [3.8, 4) is 0 Å². The van der Waals surface area contributed by atoms with Crippen LogP contribution in [0.3, 0.4) is 0 Å². The van der Waals surface area contributed by atoms with Crippen LogP contribution in [-0.2, 0) is 15.0 Å². The number of benzene rings is 3. The molecule has 4 atom stereocenters. The number of hydrogen-bond acceptors (Lipinski definition) is 2. The Morgan fingerprint density at radius 3 is 1.62 bits per heavy atom. The molecule has 0 bridgehead atoms. The van der Waals surface area contributed by atoms with Crippen molar-refractivity contribution in [1.82, 2.24) is 0 Å². The van der Waals surface area contributed by atoms with Gasteiger partial charge in [-0.1, -0.05) is 103 Å². The third kappa shape index (κ3) is 1.93. The first kappa shape index (κ1) is 19.4. The van der Waals surface area contributed by atoms with E-state index in [4.69, 9.17) is 0 Å². The molecule has 6 rings (SSSR count). The Kier molecular flexibility index (Phi) is 3.74. The molecule has 2 fully saturated rings. The van der Waals surface area contributed by atoms with Gasteiger partial charge in [0.25, 0.3) is 0 Å². The predicted molar refractivity (Wildman–Crippen MR) is 126 cm³/mol. The van der Waals surface area contributed by atoms with Gasteiger partial charge >= 0.3 is 0 Å². The molecule has 3 aromatic rings. The van der Waals surface area contributed by atoms with Gasteiger partial charge in [-0.15, -0.1) is 0 Å². The van der Waals surface area contributed by atoms with Crippen LogP contribution in [0.4, 0.5) is 0 Å². The molecule has 0 spiro atoms. The van der Waals surface area contributed by atoms with Gasteiger partial charge < -0.3 is 0 Å². The number of fused-ring (bicyclic) bond motifs is 2. The predicted octanol–water partition coefficient (Wildman–Crippen LogP) is 5.87. The fourth-order valence-corrected chi connectivity index (χ4v) is 7.16. The number of ketones is 2. The quantitative estimate of drug-likeness (QED) is 0.533. The van der Waals surface area contributed by atoms with Gasteiger partial charge in [0.15, 0.2) is 0 Å². The zero-order valence-electron chi connectivity index (χ0n) is 18.6. The van der Waals surface area contributed by atoms with E-state index in [-0.39, 0.29) is 23.4 Å². The Balaban J connectivity index is 1.59. The number of rotatable bonds is 3. The SMILES string of the molecule is CC1=C(c2ccccc2)[C@H]2C(=O)[C@@]3(C)[C@@H](C(=O)[C@@]12C)C3(c1ccccc1)c1ccccc1. The summed E-state index contributed by atoms with van der Waals surface area (Å²) in [7, 11) is 0. The molecule has 3 aliphatic carbocycles. The Hall–Kier alpha value is -3.26. The van der Waals surface area contributed by atoms with Crippen LogP contribution in [0.25, 0.3) is 5.57 Å². The largest absolute Gasteiger partial charge is 0.298 e. The first-order valence-corrected chi connectivity index (χ1v) is 11.4. The van der Waals surface area contributed by atoms with Gasteiger partial charge in [0.2, 0.25) is 0 Å². The minimum absolute atomic E-state index is 0.210. The molecule has 0 aromatic heterocycles. The summed E-state index contributed by atoms with van der Waals surface area (Å²) in [5.74, 6) is -0.301. The highest BCUT2D eigenvalue weighted by molar-refractivity contribution is 6.21. The van der Waals surface area contributed by atoms with Crippen molar-refractivity contribution in [2.75, 3.05) is 0 Å². The molecule has 0 radical (unpaired) electrons. The highest BCUT2D eigenvalue weighted by atomic mass is 16.2. The van der Waals surface area contributed by atoms with Crippen LogP contribution in [0.1, 0.15) is 37.5 Å². The summed E-state index contributed by atoms with van der Waals surface area (Å²) >= 11 is 0. The number of hydrogen-bond donors (Lipinski definition) is 0. The minimum Gasteiger partial charge on any atom is -0.298 e. The molecule has 2 heteroatoms. The molecule has 0 saturated heterocycles. The normalized spacial score (nSPS) is 32.1. The molecule has 3 aliphatic rings. The van der Waals surface area contributed by atoms with Crippen molar-refractivity contribution in [2.45, 2.75) is 26.2 Å². The van der Waals surface area contributed by atoms with E-state index in [0.29, 0.717) is 0 Å². The minimum atomic E-state index is -0.752. The molecule has 0 N–H and O–H groups in total. The Morgan fingerprint density at radius 1 is 0.656 bits per heavy atom. The van der Waals surface area contributed by atoms with Crippen molar-refractivity contribution < 1.29 is 9.59 Å². The number of Topliss-reactive ketones (excluding diaryl/α,β-unsaturated/α-hetero) is 2. The van der Waals surface area contributed by atoms with Crippen LogP contribution in [-0.4, -0.2) is 11.6 Å². The fourth-order valence-electron chi connectivity index (χ4n) is 7.16. The number of carbonyl (C=O) groups is 2. The van der Waals surface area contributed by atoms with Crippen LogP contribution in [0, 0.1) is 22.7 Å². The van der Waals surface area contributed by atoms with Crippen LogP contribution in [0.5, 0.6) is 0 Å². The lowest BCUT2D eigenvalue weighted by Crippen LogP contribution is -2.56. The van der Waals surface area contributed by atoms with Crippen LogP contribution >= 0.6 is 0 Å². The first-order valence-electron chi connectivity index (χ1n) is 11.4. The van der Waals surface area contributed by atoms with Crippen LogP contribution in [0.15, 0.2) is 96.6 Å². The molecular weight excluding hydrogens is 392 g/mol.